The largest absolute Gasteiger partial charge is 0.269 e. The molecule has 88 valence electrons. The monoisotopic (exact) mass is 282 g/mol. The Morgan fingerprint density at radius 1 is 1.31 bits per heavy atom. The van der Waals surface area contributed by atoms with Gasteiger partial charge in [0.25, 0.3) is 0 Å². The molecule has 1 aromatic rings. The number of hydrazine groups is 1. The van der Waals surface area contributed by atoms with Crippen molar-refractivity contribution in [3.05, 3.63) is 34.3 Å². The number of aryl methyl sites for hydroxylation is 1. The molecule has 0 unspecified atom stereocenters. The Balaban J connectivity index is 1.79. The second-order valence-corrected chi connectivity index (χ2v) is 5.56. The first kappa shape index (κ1) is 12.1. The van der Waals surface area contributed by atoms with Crippen molar-refractivity contribution in [1.29, 1.82) is 0 Å². The van der Waals surface area contributed by atoms with Crippen LogP contribution in [-0.2, 0) is 6.42 Å². The van der Waals surface area contributed by atoms with Gasteiger partial charge in [0.05, 0.1) is 0 Å². The van der Waals surface area contributed by atoms with Crippen LogP contribution in [0.4, 0.5) is 0 Å². The minimum absolute atomic E-state index is 0.860. The Kier molecular flexibility index (Phi) is 4.38. The lowest BCUT2D eigenvalue weighted by atomic mass is 9.91. The summed E-state index contributed by atoms with van der Waals surface area (Å²) in [4.78, 5) is 0. The lowest BCUT2D eigenvalue weighted by molar-refractivity contribution is 0.182. The highest BCUT2D eigenvalue weighted by atomic mass is 79.9. The van der Waals surface area contributed by atoms with Crippen LogP contribution >= 0.6 is 15.9 Å². The molecule has 16 heavy (non-hydrogen) atoms. The van der Waals surface area contributed by atoms with Crippen molar-refractivity contribution in [2.75, 3.05) is 13.1 Å². The molecule has 3 heteroatoms. The molecule has 1 saturated heterocycles. The fourth-order valence-corrected chi connectivity index (χ4v) is 2.75. The topological polar surface area (TPSA) is 29.3 Å². The van der Waals surface area contributed by atoms with Gasteiger partial charge < -0.3 is 0 Å². The van der Waals surface area contributed by atoms with E-state index in [-0.39, 0.29) is 0 Å². The number of hydrogen-bond donors (Lipinski definition) is 1. The summed E-state index contributed by atoms with van der Waals surface area (Å²) in [6.07, 6.45) is 4.99. The highest BCUT2D eigenvalue weighted by Crippen LogP contribution is 2.22. The van der Waals surface area contributed by atoms with Gasteiger partial charge in [0, 0.05) is 17.6 Å². The number of nitrogens with two attached hydrogens (primary N) is 1. The number of halogens is 1. The Bertz CT molecular complexity index is 332. The molecule has 1 heterocycles. The average molecular weight is 283 g/mol. The summed E-state index contributed by atoms with van der Waals surface area (Å²) in [5.74, 6) is 6.61. The summed E-state index contributed by atoms with van der Waals surface area (Å²) in [6, 6.07) is 8.62. The minimum atomic E-state index is 0.860. The summed E-state index contributed by atoms with van der Waals surface area (Å²) in [7, 11) is 0. The van der Waals surface area contributed by atoms with Crippen molar-refractivity contribution in [3.8, 4) is 0 Å². The quantitative estimate of drug-likeness (QED) is 0.864. The van der Waals surface area contributed by atoms with Gasteiger partial charge in [-0.3, -0.25) is 5.84 Å². The fourth-order valence-electron chi connectivity index (χ4n) is 2.30. The summed E-state index contributed by atoms with van der Waals surface area (Å²) in [5, 5.41) is 1.94. The van der Waals surface area contributed by atoms with E-state index in [0.29, 0.717) is 0 Å². The highest BCUT2D eigenvalue weighted by molar-refractivity contribution is 9.10. The van der Waals surface area contributed by atoms with E-state index >= 15 is 0 Å². The van der Waals surface area contributed by atoms with Crippen molar-refractivity contribution >= 4 is 15.9 Å². The standard InChI is InChI=1S/C13H19BrN2/c14-13-3-1-2-12(10-13)5-4-11-6-8-16(15)9-7-11/h1-3,10-11H,4-9,15H2. The minimum Gasteiger partial charge on any atom is -0.269 e. The van der Waals surface area contributed by atoms with Crippen molar-refractivity contribution in [3.63, 3.8) is 0 Å². The van der Waals surface area contributed by atoms with Crippen LogP contribution < -0.4 is 5.84 Å². The molecular formula is C13H19BrN2. The van der Waals surface area contributed by atoms with Crippen LogP contribution in [0.5, 0.6) is 0 Å². The van der Waals surface area contributed by atoms with Gasteiger partial charge in [-0.05, 0) is 49.3 Å². The number of rotatable bonds is 3. The molecule has 0 aliphatic carbocycles. The number of hydrogen-bond acceptors (Lipinski definition) is 2. The van der Waals surface area contributed by atoms with Crippen LogP contribution in [0.2, 0.25) is 0 Å². The maximum atomic E-state index is 5.75. The van der Waals surface area contributed by atoms with E-state index in [4.69, 9.17) is 5.84 Å². The van der Waals surface area contributed by atoms with Crippen molar-refractivity contribution in [1.82, 2.24) is 5.01 Å². The zero-order chi connectivity index (χ0) is 11.4. The van der Waals surface area contributed by atoms with Crippen LogP contribution in [0.15, 0.2) is 28.7 Å². The Morgan fingerprint density at radius 2 is 2.06 bits per heavy atom. The van der Waals surface area contributed by atoms with Gasteiger partial charge >= 0.3 is 0 Å². The molecule has 0 atom stereocenters. The van der Waals surface area contributed by atoms with E-state index in [1.165, 1.54) is 35.7 Å². The molecule has 0 radical (unpaired) electrons. The molecule has 0 saturated carbocycles. The highest BCUT2D eigenvalue weighted by Gasteiger charge is 2.16. The molecule has 0 amide bonds. The summed E-state index contributed by atoms with van der Waals surface area (Å²) < 4.78 is 1.18. The lowest BCUT2D eigenvalue weighted by Gasteiger charge is -2.28. The Labute approximate surface area is 106 Å². The molecule has 1 aliphatic rings. The van der Waals surface area contributed by atoms with E-state index < -0.39 is 0 Å². The van der Waals surface area contributed by atoms with Crippen LogP contribution in [-0.4, -0.2) is 18.1 Å². The van der Waals surface area contributed by atoms with Gasteiger partial charge in [0.1, 0.15) is 0 Å². The van der Waals surface area contributed by atoms with Crippen LogP contribution in [0.25, 0.3) is 0 Å². The van der Waals surface area contributed by atoms with Gasteiger partial charge in [0.15, 0.2) is 0 Å². The third kappa shape index (κ3) is 3.58. The average Bonchev–Trinajstić information content (AvgIpc) is 2.28. The zero-order valence-corrected chi connectivity index (χ0v) is 11.1. The second-order valence-electron chi connectivity index (χ2n) is 4.65. The first-order chi connectivity index (χ1) is 7.74. The first-order valence-electron chi connectivity index (χ1n) is 5.98. The molecule has 0 spiro atoms. The molecule has 1 aliphatic heterocycles. The maximum Gasteiger partial charge on any atom is 0.0177 e. The molecule has 1 fully saturated rings. The second kappa shape index (κ2) is 5.80. The van der Waals surface area contributed by atoms with Crippen molar-refractivity contribution in [2.24, 2.45) is 11.8 Å². The van der Waals surface area contributed by atoms with E-state index in [1.807, 2.05) is 5.01 Å². The van der Waals surface area contributed by atoms with Crippen LogP contribution in [0.3, 0.4) is 0 Å². The summed E-state index contributed by atoms with van der Waals surface area (Å²) in [6.45, 7) is 2.12. The molecule has 2 N–H and O–H groups in total. The predicted octanol–water partition coefficient (Wildman–Crippen LogP) is 2.97. The molecule has 0 aromatic heterocycles. The molecule has 0 bridgehead atoms. The Morgan fingerprint density at radius 3 is 2.75 bits per heavy atom. The van der Waals surface area contributed by atoms with Gasteiger partial charge in [-0.1, -0.05) is 28.1 Å². The van der Waals surface area contributed by atoms with Crippen LogP contribution in [0, 0.1) is 5.92 Å². The molecule has 1 aromatic carbocycles. The van der Waals surface area contributed by atoms with E-state index in [2.05, 4.69) is 40.2 Å². The maximum absolute atomic E-state index is 5.75. The molecule has 2 rings (SSSR count). The number of piperidine rings is 1. The zero-order valence-electron chi connectivity index (χ0n) is 9.53. The van der Waals surface area contributed by atoms with Gasteiger partial charge in [-0.25, -0.2) is 5.01 Å². The van der Waals surface area contributed by atoms with Gasteiger partial charge in [-0.15, -0.1) is 0 Å². The SMILES string of the molecule is NN1CCC(CCc2cccc(Br)c2)CC1. The third-order valence-corrected chi connectivity index (χ3v) is 3.87. The normalized spacial score (nSPS) is 18.9. The fraction of sp³-hybridized carbons (Fsp3) is 0.538. The Hall–Kier alpha value is -0.380. The predicted molar refractivity (Wildman–Crippen MR) is 70.9 cm³/mol. The van der Waals surface area contributed by atoms with E-state index in [1.54, 1.807) is 0 Å². The smallest absolute Gasteiger partial charge is 0.0177 e. The van der Waals surface area contributed by atoms with E-state index in [0.717, 1.165) is 19.0 Å². The molecular weight excluding hydrogens is 264 g/mol. The summed E-state index contributed by atoms with van der Waals surface area (Å²) >= 11 is 3.51. The van der Waals surface area contributed by atoms with Crippen molar-refractivity contribution in [2.45, 2.75) is 25.7 Å². The molecule has 2 nitrogen and oxygen atoms in total. The van der Waals surface area contributed by atoms with Gasteiger partial charge in [0.2, 0.25) is 0 Å². The van der Waals surface area contributed by atoms with E-state index in [9.17, 15) is 0 Å². The van der Waals surface area contributed by atoms with Crippen molar-refractivity contribution < 1.29 is 0 Å². The summed E-state index contributed by atoms with van der Waals surface area (Å²) in [5.41, 5.74) is 1.43. The van der Waals surface area contributed by atoms with Gasteiger partial charge in [-0.2, -0.15) is 0 Å². The number of benzene rings is 1. The third-order valence-electron chi connectivity index (χ3n) is 3.38. The number of nitrogens with zero attached hydrogens (tertiary/aromatic N) is 1. The van der Waals surface area contributed by atoms with Crippen LogP contribution in [0.1, 0.15) is 24.8 Å². The lowest BCUT2D eigenvalue weighted by Crippen LogP contribution is -2.38. The first-order valence-corrected chi connectivity index (χ1v) is 6.77.